The number of aromatic nitrogens is 2. The van der Waals surface area contributed by atoms with Crippen molar-refractivity contribution in [2.45, 2.75) is 19.9 Å². The summed E-state index contributed by atoms with van der Waals surface area (Å²) in [7, 11) is 5.43. The topological polar surface area (TPSA) is 75.8 Å². The molecule has 2 rings (SSSR count). The molecule has 0 aliphatic heterocycles. The van der Waals surface area contributed by atoms with Crippen LogP contribution in [0.4, 0.5) is 0 Å². The average Bonchev–Trinajstić information content (AvgIpc) is 2.97. The fourth-order valence-electron chi connectivity index (χ4n) is 2.27. The van der Waals surface area contributed by atoms with Gasteiger partial charge in [0, 0.05) is 39.2 Å². The van der Waals surface area contributed by atoms with Crippen molar-refractivity contribution in [3.8, 4) is 5.75 Å². The number of hydrogen-bond acceptors (Lipinski definition) is 5. The second kappa shape index (κ2) is 8.17. The lowest BCUT2D eigenvalue weighted by molar-refractivity contribution is 0.373. The van der Waals surface area contributed by atoms with E-state index >= 15 is 0 Å². The van der Waals surface area contributed by atoms with Crippen molar-refractivity contribution in [3.63, 3.8) is 0 Å². The van der Waals surface area contributed by atoms with Gasteiger partial charge in [0.25, 0.3) is 0 Å². The molecule has 23 heavy (non-hydrogen) atoms. The lowest BCUT2D eigenvalue weighted by Crippen LogP contribution is -2.39. The molecular weight excluding hydrogens is 294 g/mol. The van der Waals surface area contributed by atoms with Gasteiger partial charge in [-0.15, -0.1) is 0 Å². The lowest BCUT2D eigenvalue weighted by atomic mass is 10.2. The Bertz CT molecular complexity index is 653. The molecule has 0 saturated heterocycles. The average molecular weight is 317 g/mol. The summed E-state index contributed by atoms with van der Waals surface area (Å²) in [5, 5.41) is 7.07. The van der Waals surface area contributed by atoms with E-state index in [4.69, 9.17) is 9.26 Å². The van der Waals surface area contributed by atoms with Gasteiger partial charge in [0.2, 0.25) is 5.89 Å². The molecule has 0 radical (unpaired) electrons. The number of guanidine groups is 1. The molecule has 1 aromatic heterocycles. The van der Waals surface area contributed by atoms with Gasteiger partial charge >= 0.3 is 0 Å². The van der Waals surface area contributed by atoms with Crippen molar-refractivity contribution in [2.75, 3.05) is 27.7 Å². The first-order valence-corrected chi connectivity index (χ1v) is 7.47. The third-order valence-corrected chi connectivity index (χ3v) is 3.37. The van der Waals surface area contributed by atoms with E-state index in [1.54, 1.807) is 21.1 Å². The second-order valence-electron chi connectivity index (χ2n) is 5.13. The zero-order chi connectivity index (χ0) is 16.7. The van der Waals surface area contributed by atoms with Crippen LogP contribution in [0.3, 0.4) is 0 Å². The molecule has 0 spiro atoms. The highest BCUT2D eigenvalue weighted by molar-refractivity contribution is 5.79. The maximum atomic E-state index is 5.39. The summed E-state index contributed by atoms with van der Waals surface area (Å²) in [5.41, 5.74) is 1.10. The molecule has 124 valence electrons. The van der Waals surface area contributed by atoms with Gasteiger partial charge in [0.15, 0.2) is 11.8 Å². The summed E-state index contributed by atoms with van der Waals surface area (Å²) in [6.07, 6.45) is 0.655. The predicted molar refractivity (Wildman–Crippen MR) is 88.6 cm³/mol. The molecule has 1 heterocycles. The molecule has 7 heteroatoms. The van der Waals surface area contributed by atoms with Crippen LogP contribution in [0.25, 0.3) is 0 Å². The van der Waals surface area contributed by atoms with Crippen LogP contribution in [-0.2, 0) is 13.0 Å². The number of aliphatic imine (C=N–C) groups is 1. The Balaban J connectivity index is 1.89. The monoisotopic (exact) mass is 317 g/mol. The maximum Gasteiger partial charge on any atom is 0.228 e. The van der Waals surface area contributed by atoms with Gasteiger partial charge in [-0.2, -0.15) is 4.98 Å². The van der Waals surface area contributed by atoms with Crippen LogP contribution in [-0.4, -0.2) is 48.8 Å². The van der Waals surface area contributed by atoms with Crippen LogP contribution in [0.1, 0.15) is 17.3 Å². The Morgan fingerprint density at radius 1 is 1.39 bits per heavy atom. The number of methoxy groups -OCH3 is 1. The quantitative estimate of drug-likeness (QED) is 0.645. The first kappa shape index (κ1) is 16.8. The van der Waals surface area contributed by atoms with Crippen molar-refractivity contribution in [3.05, 3.63) is 41.5 Å². The Labute approximate surface area is 136 Å². The molecule has 1 aromatic carbocycles. The number of nitrogens with one attached hydrogen (secondary N) is 1. The van der Waals surface area contributed by atoms with E-state index in [1.807, 2.05) is 36.2 Å². The minimum Gasteiger partial charge on any atom is -0.496 e. The van der Waals surface area contributed by atoms with Crippen LogP contribution in [0.5, 0.6) is 5.75 Å². The standard InChI is InChI=1S/C16H23N5O2/c1-12-19-15(23-20-12)9-10-18-16(17-2)21(3)11-13-7-5-6-8-14(13)22-4/h5-8H,9-11H2,1-4H3,(H,17,18). The number of benzene rings is 1. The van der Waals surface area contributed by atoms with E-state index < -0.39 is 0 Å². The lowest BCUT2D eigenvalue weighted by Gasteiger charge is -2.22. The van der Waals surface area contributed by atoms with Gasteiger partial charge in [-0.05, 0) is 13.0 Å². The third-order valence-electron chi connectivity index (χ3n) is 3.37. The fraction of sp³-hybridized carbons (Fsp3) is 0.438. The van der Waals surface area contributed by atoms with Crippen molar-refractivity contribution < 1.29 is 9.26 Å². The van der Waals surface area contributed by atoms with Gasteiger partial charge in [-0.1, -0.05) is 23.4 Å². The molecule has 0 bridgehead atoms. The van der Waals surface area contributed by atoms with Gasteiger partial charge in [0.05, 0.1) is 7.11 Å². The smallest absolute Gasteiger partial charge is 0.228 e. The zero-order valence-corrected chi connectivity index (χ0v) is 14.0. The Hall–Kier alpha value is -2.57. The summed E-state index contributed by atoms with van der Waals surface area (Å²) in [5.74, 6) is 2.94. The first-order valence-electron chi connectivity index (χ1n) is 7.47. The van der Waals surface area contributed by atoms with Crippen molar-refractivity contribution >= 4 is 5.96 Å². The van der Waals surface area contributed by atoms with Crippen LogP contribution in [0, 0.1) is 6.92 Å². The third kappa shape index (κ3) is 4.70. The predicted octanol–water partition coefficient (Wildman–Crippen LogP) is 1.64. The molecule has 0 amide bonds. The molecule has 0 atom stereocenters. The molecule has 0 fully saturated rings. The second-order valence-corrected chi connectivity index (χ2v) is 5.13. The van der Waals surface area contributed by atoms with E-state index in [-0.39, 0.29) is 0 Å². The van der Waals surface area contributed by atoms with Crippen molar-refractivity contribution in [2.24, 2.45) is 4.99 Å². The number of hydrogen-bond donors (Lipinski definition) is 1. The van der Waals surface area contributed by atoms with Crippen LogP contribution >= 0.6 is 0 Å². The molecule has 7 nitrogen and oxygen atoms in total. The van der Waals surface area contributed by atoms with E-state index in [9.17, 15) is 0 Å². The maximum absolute atomic E-state index is 5.39. The number of para-hydroxylation sites is 1. The summed E-state index contributed by atoms with van der Waals surface area (Å²) < 4.78 is 10.5. The van der Waals surface area contributed by atoms with Crippen LogP contribution in [0.2, 0.25) is 0 Å². The largest absolute Gasteiger partial charge is 0.496 e. The van der Waals surface area contributed by atoms with Crippen molar-refractivity contribution in [1.29, 1.82) is 0 Å². The highest BCUT2D eigenvalue weighted by atomic mass is 16.5. The fourth-order valence-corrected chi connectivity index (χ4v) is 2.27. The van der Waals surface area contributed by atoms with Crippen LogP contribution in [0.15, 0.2) is 33.8 Å². The van der Waals surface area contributed by atoms with E-state index in [2.05, 4.69) is 20.4 Å². The van der Waals surface area contributed by atoms with Gasteiger partial charge in [-0.25, -0.2) is 0 Å². The number of aryl methyl sites for hydroxylation is 1. The first-order chi connectivity index (χ1) is 11.1. The Morgan fingerprint density at radius 2 is 2.17 bits per heavy atom. The molecule has 0 aliphatic carbocycles. The van der Waals surface area contributed by atoms with Gasteiger partial charge < -0.3 is 19.5 Å². The zero-order valence-electron chi connectivity index (χ0n) is 14.0. The normalized spacial score (nSPS) is 11.4. The highest BCUT2D eigenvalue weighted by Gasteiger charge is 2.10. The SMILES string of the molecule is CN=C(NCCc1nc(C)no1)N(C)Cc1ccccc1OC. The minimum atomic E-state index is 0.623. The van der Waals surface area contributed by atoms with Gasteiger partial charge in [0.1, 0.15) is 5.75 Å². The molecule has 0 aliphatic rings. The Morgan fingerprint density at radius 3 is 2.83 bits per heavy atom. The number of nitrogens with zero attached hydrogens (tertiary/aromatic N) is 4. The number of rotatable bonds is 6. The molecule has 1 N–H and O–H groups in total. The molecule has 0 saturated carbocycles. The molecule has 2 aromatic rings. The van der Waals surface area contributed by atoms with E-state index in [0.29, 0.717) is 31.2 Å². The summed E-state index contributed by atoms with van der Waals surface area (Å²) in [6.45, 7) is 3.17. The molecule has 0 unspecified atom stereocenters. The summed E-state index contributed by atoms with van der Waals surface area (Å²) in [6, 6.07) is 7.96. The Kier molecular flexibility index (Phi) is 5.96. The van der Waals surface area contributed by atoms with Crippen LogP contribution < -0.4 is 10.1 Å². The summed E-state index contributed by atoms with van der Waals surface area (Å²) >= 11 is 0. The summed E-state index contributed by atoms with van der Waals surface area (Å²) in [4.78, 5) is 10.5. The number of ether oxygens (including phenoxy) is 1. The van der Waals surface area contributed by atoms with Crippen molar-refractivity contribution in [1.82, 2.24) is 20.4 Å². The van der Waals surface area contributed by atoms with E-state index in [0.717, 1.165) is 17.3 Å². The van der Waals surface area contributed by atoms with Gasteiger partial charge in [-0.3, -0.25) is 4.99 Å². The molecular formula is C16H23N5O2. The minimum absolute atomic E-state index is 0.623. The highest BCUT2D eigenvalue weighted by Crippen LogP contribution is 2.18. The van der Waals surface area contributed by atoms with E-state index in [1.165, 1.54) is 0 Å².